The van der Waals surface area contributed by atoms with Gasteiger partial charge in [-0.05, 0) is 51.1 Å². The van der Waals surface area contributed by atoms with Crippen molar-refractivity contribution in [3.8, 4) is 5.75 Å². The van der Waals surface area contributed by atoms with Gasteiger partial charge in [-0.25, -0.2) is 0 Å². The van der Waals surface area contributed by atoms with Crippen LogP contribution in [0.1, 0.15) is 18.4 Å². The van der Waals surface area contributed by atoms with Crippen molar-refractivity contribution in [3.63, 3.8) is 0 Å². The molecule has 1 saturated heterocycles. The van der Waals surface area contributed by atoms with Gasteiger partial charge in [-0.3, -0.25) is 0 Å². The lowest BCUT2D eigenvalue weighted by atomic mass is 10.2. The van der Waals surface area contributed by atoms with E-state index >= 15 is 0 Å². The number of ether oxygens (including phenoxy) is 1. The predicted octanol–water partition coefficient (Wildman–Crippen LogP) is 2.51. The van der Waals surface area contributed by atoms with Gasteiger partial charge >= 0.3 is 0 Å². The van der Waals surface area contributed by atoms with Crippen molar-refractivity contribution in [1.82, 2.24) is 4.90 Å². The average molecular weight is 234 g/mol. The zero-order valence-electron chi connectivity index (χ0n) is 11.0. The molecular formula is C14H22N2O. The summed E-state index contributed by atoms with van der Waals surface area (Å²) in [7, 11) is 3.92. The van der Waals surface area contributed by atoms with Crippen molar-refractivity contribution in [2.24, 2.45) is 0 Å². The minimum Gasteiger partial charge on any atom is -0.495 e. The zero-order valence-corrected chi connectivity index (χ0v) is 11.0. The maximum absolute atomic E-state index is 5.37. The summed E-state index contributed by atoms with van der Waals surface area (Å²) in [6, 6.07) is 6.90. The Hall–Kier alpha value is -1.22. The Kier molecular flexibility index (Phi) is 3.89. The number of anilines is 1. The molecule has 0 aliphatic carbocycles. The van der Waals surface area contributed by atoms with Gasteiger partial charge in [0.25, 0.3) is 0 Å². The van der Waals surface area contributed by atoms with Crippen LogP contribution in [0.25, 0.3) is 0 Å². The molecule has 1 aliphatic rings. The van der Waals surface area contributed by atoms with Gasteiger partial charge in [0.2, 0.25) is 0 Å². The number of likely N-dealkylation sites (N-methyl/N-ethyl adjacent to an activating group) is 1. The van der Waals surface area contributed by atoms with E-state index in [1.54, 1.807) is 7.11 Å². The SMILES string of the molecule is COc1ccc(C)cc1NCC1CCCN1C. The van der Waals surface area contributed by atoms with Gasteiger partial charge in [-0.2, -0.15) is 0 Å². The predicted molar refractivity (Wildman–Crippen MR) is 71.9 cm³/mol. The average Bonchev–Trinajstić information content (AvgIpc) is 2.72. The molecule has 1 heterocycles. The molecule has 17 heavy (non-hydrogen) atoms. The number of hydrogen-bond donors (Lipinski definition) is 1. The Morgan fingerprint density at radius 3 is 2.94 bits per heavy atom. The van der Waals surface area contributed by atoms with Crippen LogP contribution >= 0.6 is 0 Å². The van der Waals surface area contributed by atoms with Crippen LogP contribution in [0.2, 0.25) is 0 Å². The van der Waals surface area contributed by atoms with Crippen LogP contribution in [0.4, 0.5) is 5.69 Å². The molecule has 1 aromatic carbocycles. The fourth-order valence-electron chi connectivity index (χ4n) is 2.42. The fourth-order valence-corrected chi connectivity index (χ4v) is 2.42. The van der Waals surface area contributed by atoms with Crippen LogP contribution in [-0.4, -0.2) is 38.2 Å². The molecule has 1 unspecified atom stereocenters. The van der Waals surface area contributed by atoms with E-state index in [1.165, 1.54) is 24.9 Å². The van der Waals surface area contributed by atoms with Crippen molar-refractivity contribution >= 4 is 5.69 Å². The van der Waals surface area contributed by atoms with E-state index in [9.17, 15) is 0 Å². The van der Waals surface area contributed by atoms with Gasteiger partial charge in [0.15, 0.2) is 0 Å². The highest BCUT2D eigenvalue weighted by atomic mass is 16.5. The molecule has 1 aliphatic heterocycles. The third-order valence-electron chi connectivity index (χ3n) is 3.55. The van der Waals surface area contributed by atoms with Gasteiger partial charge in [-0.1, -0.05) is 6.07 Å². The molecule has 1 atom stereocenters. The second kappa shape index (κ2) is 5.41. The van der Waals surface area contributed by atoms with E-state index in [2.05, 4.69) is 36.3 Å². The lowest BCUT2D eigenvalue weighted by Gasteiger charge is -2.21. The minimum atomic E-state index is 0.653. The van der Waals surface area contributed by atoms with Crippen molar-refractivity contribution in [1.29, 1.82) is 0 Å². The van der Waals surface area contributed by atoms with Gasteiger partial charge in [0.1, 0.15) is 5.75 Å². The first kappa shape index (κ1) is 12.2. The summed E-state index contributed by atoms with van der Waals surface area (Å²) in [5.74, 6) is 0.927. The highest BCUT2D eigenvalue weighted by Gasteiger charge is 2.20. The van der Waals surface area contributed by atoms with Crippen LogP contribution < -0.4 is 10.1 Å². The highest BCUT2D eigenvalue weighted by molar-refractivity contribution is 5.58. The number of nitrogens with one attached hydrogen (secondary N) is 1. The molecular weight excluding hydrogens is 212 g/mol. The second-order valence-corrected chi connectivity index (χ2v) is 4.86. The number of nitrogens with zero attached hydrogens (tertiary/aromatic N) is 1. The molecule has 1 fully saturated rings. The van der Waals surface area contributed by atoms with E-state index in [0.29, 0.717) is 6.04 Å². The molecule has 94 valence electrons. The van der Waals surface area contributed by atoms with Gasteiger partial charge in [0, 0.05) is 12.6 Å². The molecule has 1 N–H and O–H groups in total. The van der Waals surface area contributed by atoms with E-state index in [4.69, 9.17) is 4.74 Å². The lowest BCUT2D eigenvalue weighted by molar-refractivity contribution is 0.322. The largest absolute Gasteiger partial charge is 0.495 e. The Bertz CT molecular complexity index is 378. The first-order valence-corrected chi connectivity index (χ1v) is 6.29. The summed E-state index contributed by atoms with van der Waals surface area (Å²) >= 11 is 0. The number of aryl methyl sites for hydroxylation is 1. The first-order valence-electron chi connectivity index (χ1n) is 6.29. The first-order chi connectivity index (χ1) is 8.20. The Morgan fingerprint density at radius 2 is 2.29 bits per heavy atom. The normalized spacial score (nSPS) is 20.5. The maximum atomic E-state index is 5.37. The van der Waals surface area contributed by atoms with E-state index in [-0.39, 0.29) is 0 Å². The van der Waals surface area contributed by atoms with Gasteiger partial charge < -0.3 is 15.0 Å². The molecule has 0 aromatic heterocycles. The molecule has 2 rings (SSSR count). The number of hydrogen-bond acceptors (Lipinski definition) is 3. The molecule has 0 saturated carbocycles. The summed E-state index contributed by atoms with van der Waals surface area (Å²) in [4.78, 5) is 2.43. The monoisotopic (exact) mass is 234 g/mol. The molecule has 1 aromatic rings. The van der Waals surface area contributed by atoms with E-state index in [1.807, 2.05) is 6.07 Å². The van der Waals surface area contributed by atoms with E-state index < -0.39 is 0 Å². The van der Waals surface area contributed by atoms with Crippen molar-refractivity contribution in [3.05, 3.63) is 23.8 Å². The molecule has 0 amide bonds. The van der Waals surface area contributed by atoms with Crippen LogP contribution in [0.3, 0.4) is 0 Å². The van der Waals surface area contributed by atoms with Crippen LogP contribution in [0, 0.1) is 6.92 Å². The summed E-state index contributed by atoms with van der Waals surface area (Å²) < 4.78 is 5.37. The standard InChI is InChI=1S/C14H22N2O/c1-11-6-7-14(17-3)13(9-11)15-10-12-5-4-8-16(12)2/h6-7,9,12,15H,4-5,8,10H2,1-3H3. The number of benzene rings is 1. The Morgan fingerprint density at radius 1 is 1.47 bits per heavy atom. The van der Waals surface area contributed by atoms with Crippen molar-refractivity contribution in [2.45, 2.75) is 25.8 Å². The Labute approximate surface area is 104 Å². The summed E-state index contributed by atoms with van der Waals surface area (Å²) in [6.45, 7) is 4.32. The zero-order chi connectivity index (χ0) is 12.3. The van der Waals surface area contributed by atoms with Gasteiger partial charge in [-0.15, -0.1) is 0 Å². The lowest BCUT2D eigenvalue weighted by Crippen LogP contribution is -2.31. The third-order valence-corrected chi connectivity index (χ3v) is 3.55. The minimum absolute atomic E-state index is 0.653. The van der Waals surface area contributed by atoms with E-state index in [0.717, 1.165) is 18.0 Å². The van der Waals surface area contributed by atoms with Crippen LogP contribution in [0.15, 0.2) is 18.2 Å². The van der Waals surface area contributed by atoms with Gasteiger partial charge in [0.05, 0.1) is 12.8 Å². The van der Waals surface area contributed by atoms with Crippen molar-refractivity contribution < 1.29 is 4.74 Å². The number of likely N-dealkylation sites (tertiary alicyclic amines) is 1. The molecule has 0 spiro atoms. The van der Waals surface area contributed by atoms with Crippen LogP contribution in [-0.2, 0) is 0 Å². The molecule has 3 nitrogen and oxygen atoms in total. The second-order valence-electron chi connectivity index (χ2n) is 4.86. The Balaban J connectivity index is 2.00. The molecule has 3 heteroatoms. The third kappa shape index (κ3) is 2.91. The van der Waals surface area contributed by atoms with Crippen molar-refractivity contribution in [2.75, 3.05) is 32.6 Å². The summed E-state index contributed by atoms with van der Waals surface area (Å²) in [5.41, 5.74) is 2.36. The number of rotatable bonds is 4. The maximum Gasteiger partial charge on any atom is 0.141 e. The molecule has 0 radical (unpaired) electrons. The smallest absolute Gasteiger partial charge is 0.141 e. The number of methoxy groups -OCH3 is 1. The fraction of sp³-hybridized carbons (Fsp3) is 0.571. The highest BCUT2D eigenvalue weighted by Crippen LogP contribution is 2.26. The van der Waals surface area contributed by atoms with Crippen LogP contribution in [0.5, 0.6) is 5.75 Å². The summed E-state index contributed by atoms with van der Waals surface area (Å²) in [5, 5.41) is 3.51. The summed E-state index contributed by atoms with van der Waals surface area (Å²) in [6.07, 6.45) is 2.60. The quantitative estimate of drug-likeness (QED) is 0.866. The topological polar surface area (TPSA) is 24.5 Å². The molecule has 0 bridgehead atoms.